The van der Waals surface area contributed by atoms with Gasteiger partial charge in [-0.25, -0.2) is 8.42 Å². The monoisotopic (exact) mass is 378 g/mol. The quantitative estimate of drug-likeness (QED) is 0.658. The Morgan fingerprint density at radius 2 is 1.72 bits per heavy atom. The van der Waals surface area contributed by atoms with Gasteiger partial charge >= 0.3 is 0 Å². The summed E-state index contributed by atoms with van der Waals surface area (Å²) in [6, 6.07) is 16.6. The molecule has 1 amide bonds. The van der Waals surface area contributed by atoms with Crippen LogP contribution in [0.1, 0.15) is 22.8 Å². The summed E-state index contributed by atoms with van der Waals surface area (Å²) in [6.07, 6.45) is 0. The summed E-state index contributed by atoms with van der Waals surface area (Å²) in [5.41, 5.74) is 2.23. The summed E-state index contributed by atoms with van der Waals surface area (Å²) in [5.74, 6) is 1.60. The summed E-state index contributed by atoms with van der Waals surface area (Å²) in [6.45, 7) is 2.15. The maximum absolute atomic E-state index is 12.1. The second-order valence-corrected chi connectivity index (χ2v) is 8.49. The van der Waals surface area contributed by atoms with Gasteiger partial charge in [0.25, 0.3) is 5.91 Å². The van der Waals surface area contributed by atoms with Gasteiger partial charge in [-0.3, -0.25) is 9.52 Å². The Bertz CT molecular complexity index is 776. The third-order valence-corrected chi connectivity index (χ3v) is 5.78. The van der Waals surface area contributed by atoms with E-state index in [-0.39, 0.29) is 11.7 Å². The van der Waals surface area contributed by atoms with Gasteiger partial charge in [0, 0.05) is 29.3 Å². The van der Waals surface area contributed by atoms with Crippen molar-refractivity contribution in [2.24, 2.45) is 0 Å². The van der Waals surface area contributed by atoms with E-state index in [1.54, 1.807) is 43.0 Å². The van der Waals surface area contributed by atoms with Crippen LogP contribution in [0.25, 0.3) is 0 Å². The molecule has 25 heavy (non-hydrogen) atoms. The maximum Gasteiger partial charge on any atom is 0.251 e. The number of nitrogens with one attached hydrogen (secondary N) is 2. The molecule has 0 spiro atoms. The number of sulfonamides is 1. The Morgan fingerprint density at radius 3 is 2.36 bits per heavy atom. The molecule has 0 aliphatic carbocycles. The number of thioether (sulfide) groups is 1. The molecule has 0 bridgehead atoms. The molecule has 134 valence electrons. The van der Waals surface area contributed by atoms with Crippen molar-refractivity contribution in [1.29, 1.82) is 0 Å². The fourth-order valence-electron chi connectivity index (χ4n) is 2.04. The molecule has 0 unspecified atom stereocenters. The van der Waals surface area contributed by atoms with E-state index in [9.17, 15) is 13.2 Å². The van der Waals surface area contributed by atoms with Crippen LogP contribution >= 0.6 is 11.8 Å². The molecule has 2 aromatic rings. The van der Waals surface area contributed by atoms with Crippen LogP contribution in [0.15, 0.2) is 54.6 Å². The second-order valence-electron chi connectivity index (χ2n) is 5.38. The summed E-state index contributed by atoms with van der Waals surface area (Å²) in [5, 5.41) is 2.87. The van der Waals surface area contributed by atoms with E-state index in [0.717, 1.165) is 11.5 Å². The van der Waals surface area contributed by atoms with Crippen LogP contribution in [-0.4, -0.2) is 32.4 Å². The summed E-state index contributed by atoms with van der Waals surface area (Å²) >= 11 is 1.76. The Hall–Kier alpha value is -1.99. The molecular formula is C18H22N2O3S2. The van der Waals surface area contributed by atoms with Crippen LogP contribution in [0.5, 0.6) is 0 Å². The molecule has 0 atom stereocenters. The lowest BCUT2D eigenvalue weighted by Crippen LogP contribution is -2.25. The van der Waals surface area contributed by atoms with Crippen molar-refractivity contribution in [3.8, 4) is 0 Å². The maximum atomic E-state index is 12.1. The highest BCUT2D eigenvalue weighted by Crippen LogP contribution is 2.12. The minimum Gasteiger partial charge on any atom is -0.351 e. The summed E-state index contributed by atoms with van der Waals surface area (Å²) in [4.78, 5) is 12.1. The van der Waals surface area contributed by atoms with Gasteiger partial charge in [0.15, 0.2) is 0 Å². The molecule has 0 radical (unpaired) electrons. The number of rotatable bonds is 9. The number of anilines is 1. The molecule has 2 aromatic carbocycles. The third-order valence-electron chi connectivity index (χ3n) is 3.44. The molecule has 0 fully saturated rings. The molecule has 0 aromatic heterocycles. The lowest BCUT2D eigenvalue weighted by molar-refractivity contribution is 0.0956. The van der Waals surface area contributed by atoms with Crippen molar-refractivity contribution in [2.75, 3.05) is 22.8 Å². The predicted octanol–water partition coefficient (Wildman–Crippen LogP) is 3.11. The molecule has 7 heteroatoms. The molecule has 2 N–H and O–H groups in total. The van der Waals surface area contributed by atoms with Crippen LogP contribution in [0.4, 0.5) is 5.69 Å². The van der Waals surface area contributed by atoms with Crippen molar-refractivity contribution in [3.05, 3.63) is 65.7 Å². The Balaban J connectivity index is 1.73. The number of hydrogen-bond donors (Lipinski definition) is 2. The fraction of sp³-hybridized carbons (Fsp3) is 0.278. The van der Waals surface area contributed by atoms with Crippen molar-refractivity contribution < 1.29 is 13.2 Å². The molecule has 0 saturated carbocycles. The number of amides is 1. The lowest BCUT2D eigenvalue weighted by atomic mass is 10.2. The first kappa shape index (κ1) is 19.3. The molecule has 2 rings (SSSR count). The van der Waals surface area contributed by atoms with Crippen molar-refractivity contribution in [2.45, 2.75) is 12.7 Å². The number of carbonyl (C=O) groups is 1. The van der Waals surface area contributed by atoms with Crippen LogP contribution in [0.3, 0.4) is 0 Å². The van der Waals surface area contributed by atoms with E-state index in [2.05, 4.69) is 22.2 Å². The normalized spacial score (nSPS) is 11.1. The Morgan fingerprint density at radius 1 is 1.04 bits per heavy atom. The van der Waals surface area contributed by atoms with Crippen LogP contribution in [0, 0.1) is 0 Å². The van der Waals surface area contributed by atoms with Crippen molar-refractivity contribution in [3.63, 3.8) is 0 Å². The van der Waals surface area contributed by atoms with Gasteiger partial charge in [-0.05, 0) is 36.8 Å². The highest BCUT2D eigenvalue weighted by molar-refractivity contribution is 7.98. The third kappa shape index (κ3) is 6.80. The molecule has 0 aliphatic rings. The number of carbonyl (C=O) groups excluding carboxylic acids is 1. The van der Waals surface area contributed by atoms with Gasteiger partial charge in [-0.15, -0.1) is 0 Å². The molecule has 0 saturated heterocycles. The Labute approximate surface area is 153 Å². The Kier molecular flexibility index (Phi) is 7.33. The van der Waals surface area contributed by atoms with E-state index in [1.807, 2.05) is 18.2 Å². The minimum absolute atomic E-state index is 0.00981. The van der Waals surface area contributed by atoms with Gasteiger partial charge < -0.3 is 5.32 Å². The zero-order valence-electron chi connectivity index (χ0n) is 14.1. The van der Waals surface area contributed by atoms with Gasteiger partial charge in [0.05, 0.1) is 5.75 Å². The van der Waals surface area contributed by atoms with E-state index >= 15 is 0 Å². The molecule has 0 aliphatic heterocycles. The molecule has 0 heterocycles. The van der Waals surface area contributed by atoms with Crippen molar-refractivity contribution in [1.82, 2.24) is 5.32 Å². The van der Waals surface area contributed by atoms with Crippen LogP contribution < -0.4 is 10.0 Å². The molecular weight excluding hydrogens is 356 g/mol. The minimum atomic E-state index is -3.30. The predicted molar refractivity (Wildman–Crippen MR) is 104 cm³/mol. The highest BCUT2D eigenvalue weighted by atomic mass is 32.2. The smallest absolute Gasteiger partial charge is 0.251 e. The van der Waals surface area contributed by atoms with E-state index in [1.165, 1.54) is 5.56 Å². The van der Waals surface area contributed by atoms with Gasteiger partial charge in [-0.2, -0.15) is 11.8 Å². The SMILES string of the molecule is CCS(=O)(=O)Nc1ccc(C(=O)NCCSCc2ccccc2)cc1. The van der Waals surface area contributed by atoms with Gasteiger partial charge in [0.1, 0.15) is 0 Å². The van der Waals surface area contributed by atoms with Crippen LogP contribution in [0.2, 0.25) is 0 Å². The molecule has 5 nitrogen and oxygen atoms in total. The van der Waals surface area contributed by atoms with Gasteiger partial charge in [0.2, 0.25) is 10.0 Å². The topological polar surface area (TPSA) is 75.3 Å². The van der Waals surface area contributed by atoms with E-state index in [0.29, 0.717) is 17.8 Å². The summed E-state index contributed by atoms with van der Waals surface area (Å²) in [7, 11) is -3.30. The average Bonchev–Trinajstić information content (AvgIpc) is 2.62. The van der Waals surface area contributed by atoms with Gasteiger partial charge in [-0.1, -0.05) is 30.3 Å². The summed E-state index contributed by atoms with van der Waals surface area (Å²) < 4.78 is 25.4. The second kappa shape index (κ2) is 9.48. The standard InChI is InChI=1S/C18H22N2O3S2/c1-2-25(22,23)20-17-10-8-16(9-11-17)18(21)19-12-13-24-14-15-6-4-3-5-7-15/h3-11,20H,2,12-14H2,1H3,(H,19,21). The fourth-order valence-corrected chi connectivity index (χ4v) is 3.50. The lowest BCUT2D eigenvalue weighted by Gasteiger charge is -2.08. The zero-order valence-corrected chi connectivity index (χ0v) is 15.7. The zero-order chi connectivity index (χ0) is 18.1. The first-order valence-corrected chi connectivity index (χ1v) is 10.8. The van der Waals surface area contributed by atoms with Crippen LogP contribution in [-0.2, 0) is 15.8 Å². The van der Waals surface area contributed by atoms with Crippen molar-refractivity contribution >= 4 is 33.4 Å². The largest absolute Gasteiger partial charge is 0.351 e. The average molecular weight is 379 g/mol. The number of benzene rings is 2. The van der Waals surface area contributed by atoms with E-state index < -0.39 is 10.0 Å². The first-order valence-electron chi connectivity index (χ1n) is 8.00. The number of hydrogen-bond acceptors (Lipinski definition) is 4. The van der Waals surface area contributed by atoms with E-state index in [4.69, 9.17) is 0 Å². The highest BCUT2D eigenvalue weighted by Gasteiger charge is 2.08. The first-order chi connectivity index (χ1) is 12.0.